The Hall–Kier alpha value is -1.59. The molecule has 5 nitrogen and oxygen atoms in total. The topological polar surface area (TPSA) is 59.0 Å². The lowest BCUT2D eigenvalue weighted by atomic mass is 9.58. The minimum Gasteiger partial charge on any atom is -0.493 e. The number of nitrogens with zero attached hydrogens (tertiary/aromatic N) is 1. The number of ether oxygens (including phenoxy) is 2. The summed E-state index contributed by atoms with van der Waals surface area (Å²) in [7, 11) is 3.73. The summed E-state index contributed by atoms with van der Waals surface area (Å²) in [6.07, 6.45) is 1.24. The van der Waals surface area contributed by atoms with Crippen molar-refractivity contribution in [3.63, 3.8) is 0 Å². The molecule has 1 aromatic carbocycles. The van der Waals surface area contributed by atoms with Crippen LogP contribution in [0.2, 0.25) is 0 Å². The zero-order valence-corrected chi connectivity index (χ0v) is 13.2. The summed E-state index contributed by atoms with van der Waals surface area (Å²) in [5, 5.41) is 11.8. The van der Waals surface area contributed by atoms with Gasteiger partial charge in [0, 0.05) is 24.1 Å². The van der Waals surface area contributed by atoms with Crippen LogP contribution < -0.4 is 9.47 Å². The van der Waals surface area contributed by atoms with Crippen LogP contribution in [-0.2, 0) is 10.2 Å². The Bertz CT molecular complexity index is 791. The molecule has 6 rings (SSSR count). The van der Waals surface area contributed by atoms with Crippen LogP contribution in [0.3, 0.4) is 0 Å². The smallest absolute Gasteiger partial charge is 0.174 e. The van der Waals surface area contributed by atoms with Crippen LogP contribution >= 0.6 is 0 Å². The maximum atomic E-state index is 12.7. The summed E-state index contributed by atoms with van der Waals surface area (Å²) in [4.78, 5) is 15.0. The highest BCUT2D eigenvalue weighted by atomic mass is 16.5. The van der Waals surface area contributed by atoms with Crippen LogP contribution in [0.5, 0.6) is 11.5 Å². The second kappa shape index (κ2) is 3.42. The van der Waals surface area contributed by atoms with Crippen molar-refractivity contribution < 1.29 is 19.4 Å². The summed E-state index contributed by atoms with van der Waals surface area (Å²) < 4.78 is 11.7. The Balaban J connectivity index is 1.75. The number of benzene rings is 1. The minimum absolute atomic E-state index is 0.126. The highest BCUT2D eigenvalue weighted by Gasteiger charge is 2.81. The van der Waals surface area contributed by atoms with Gasteiger partial charge in [0.25, 0.3) is 0 Å². The number of hydrogen-bond acceptors (Lipinski definition) is 5. The first-order valence-corrected chi connectivity index (χ1v) is 8.39. The maximum Gasteiger partial charge on any atom is 0.174 e. The minimum atomic E-state index is -0.871. The predicted octanol–water partition coefficient (Wildman–Crippen LogP) is 1.18. The molecule has 0 radical (unpaired) electrons. The fourth-order valence-corrected chi connectivity index (χ4v) is 6.75. The highest BCUT2D eigenvalue weighted by molar-refractivity contribution is 5.90. The largest absolute Gasteiger partial charge is 0.493 e. The summed E-state index contributed by atoms with van der Waals surface area (Å²) in [6, 6.07) is 4.52. The van der Waals surface area contributed by atoms with Crippen LogP contribution in [0.1, 0.15) is 36.4 Å². The third-order valence-corrected chi connectivity index (χ3v) is 7.37. The third kappa shape index (κ3) is 0.994. The van der Waals surface area contributed by atoms with E-state index in [4.69, 9.17) is 9.47 Å². The first kappa shape index (κ1) is 12.8. The van der Waals surface area contributed by atoms with E-state index in [0.717, 1.165) is 12.0 Å². The Labute approximate surface area is 134 Å². The molecule has 3 fully saturated rings. The van der Waals surface area contributed by atoms with Gasteiger partial charge in [0.1, 0.15) is 0 Å². The molecule has 2 saturated carbocycles. The summed E-state index contributed by atoms with van der Waals surface area (Å²) in [6.45, 7) is 0. The number of methoxy groups -OCH3 is 1. The van der Waals surface area contributed by atoms with Gasteiger partial charge in [0.15, 0.2) is 23.4 Å². The molecule has 4 bridgehead atoms. The van der Waals surface area contributed by atoms with E-state index in [1.807, 2.05) is 6.07 Å². The van der Waals surface area contributed by atoms with E-state index in [1.165, 1.54) is 5.56 Å². The van der Waals surface area contributed by atoms with Crippen molar-refractivity contribution in [1.29, 1.82) is 0 Å². The van der Waals surface area contributed by atoms with E-state index in [1.54, 1.807) is 7.11 Å². The average Bonchev–Trinajstić information content (AvgIpc) is 2.96. The molecule has 0 aromatic heterocycles. The molecule has 1 spiro atoms. The van der Waals surface area contributed by atoms with Gasteiger partial charge < -0.3 is 14.6 Å². The number of Topliss-reactive ketones (excluding diaryl/α,β-unsaturated/α-hetero) is 1. The number of likely N-dealkylation sites (tertiary alicyclic amines) is 1. The van der Waals surface area contributed by atoms with Crippen molar-refractivity contribution in [3.05, 3.63) is 23.3 Å². The first-order chi connectivity index (χ1) is 11.0. The van der Waals surface area contributed by atoms with Crippen LogP contribution in [0.25, 0.3) is 0 Å². The van der Waals surface area contributed by atoms with E-state index in [2.05, 4.69) is 18.0 Å². The molecular formula is C18H19NO4. The van der Waals surface area contributed by atoms with Gasteiger partial charge in [-0.1, -0.05) is 6.07 Å². The normalized spacial score (nSPS) is 47.9. The van der Waals surface area contributed by atoms with Crippen molar-refractivity contribution in [1.82, 2.24) is 4.90 Å². The van der Waals surface area contributed by atoms with Gasteiger partial charge in [-0.25, -0.2) is 0 Å². The lowest BCUT2D eigenvalue weighted by Gasteiger charge is -2.54. The van der Waals surface area contributed by atoms with Gasteiger partial charge in [-0.05, 0) is 37.4 Å². The molecule has 3 aliphatic carbocycles. The summed E-state index contributed by atoms with van der Waals surface area (Å²) >= 11 is 0. The Morgan fingerprint density at radius 1 is 1.43 bits per heavy atom. The molecule has 2 heterocycles. The molecule has 6 atom stereocenters. The SMILES string of the molecule is COc1ccc2c3c1OC1C(=O)CCC4(O)C5C(CC314)C2N5C. The molecule has 120 valence electrons. The number of rotatable bonds is 1. The van der Waals surface area contributed by atoms with Gasteiger partial charge in [-0.2, -0.15) is 0 Å². The van der Waals surface area contributed by atoms with Crippen molar-refractivity contribution in [2.75, 3.05) is 14.2 Å². The zero-order chi connectivity index (χ0) is 15.7. The van der Waals surface area contributed by atoms with Gasteiger partial charge in [0.05, 0.1) is 18.1 Å². The summed E-state index contributed by atoms with van der Waals surface area (Å²) in [5.74, 6) is 1.92. The zero-order valence-electron chi connectivity index (χ0n) is 13.2. The number of hydrogen-bond donors (Lipinski definition) is 1. The molecule has 23 heavy (non-hydrogen) atoms. The number of carbonyl (C=O) groups excluding carboxylic acids is 1. The highest BCUT2D eigenvalue weighted by Crippen LogP contribution is 2.75. The molecule has 6 unspecified atom stereocenters. The molecule has 5 aliphatic rings. The van der Waals surface area contributed by atoms with E-state index in [9.17, 15) is 9.90 Å². The Kier molecular flexibility index (Phi) is 1.90. The molecule has 1 N–H and O–H groups in total. The van der Waals surface area contributed by atoms with Crippen molar-refractivity contribution in [2.45, 2.75) is 48.5 Å². The fourth-order valence-electron chi connectivity index (χ4n) is 6.75. The summed E-state index contributed by atoms with van der Waals surface area (Å²) in [5.41, 5.74) is 0.845. The number of likely N-dealkylation sites (N-methyl/N-ethyl adjacent to an activating group) is 1. The second-order valence-corrected chi connectivity index (χ2v) is 7.84. The van der Waals surface area contributed by atoms with Crippen LogP contribution in [0.4, 0.5) is 0 Å². The predicted molar refractivity (Wildman–Crippen MR) is 80.7 cm³/mol. The molecule has 5 heteroatoms. The van der Waals surface area contributed by atoms with Crippen molar-refractivity contribution >= 4 is 5.78 Å². The second-order valence-electron chi connectivity index (χ2n) is 7.84. The first-order valence-electron chi connectivity index (χ1n) is 8.39. The monoisotopic (exact) mass is 313 g/mol. The molecular weight excluding hydrogens is 294 g/mol. The average molecular weight is 313 g/mol. The fraction of sp³-hybridized carbons (Fsp3) is 0.611. The van der Waals surface area contributed by atoms with Crippen LogP contribution in [-0.4, -0.2) is 47.7 Å². The Morgan fingerprint density at radius 2 is 2.26 bits per heavy atom. The molecule has 1 saturated heterocycles. The number of fused-ring (bicyclic) bond motifs is 1. The van der Waals surface area contributed by atoms with Crippen molar-refractivity contribution in [2.24, 2.45) is 5.92 Å². The maximum absolute atomic E-state index is 12.7. The lowest BCUT2D eigenvalue weighted by molar-refractivity contribution is -0.162. The number of ketones is 1. The quantitative estimate of drug-likeness (QED) is 0.843. The molecule has 0 amide bonds. The Morgan fingerprint density at radius 3 is 3.04 bits per heavy atom. The third-order valence-electron chi connectivity index (χ3n) is 7.37. The van der Waals surface area contributed by atoms with Gasteiger partial charge in [0.2, 0.25) is 0 Å². The lowest BCUT2D eigenvalue weighted by Crippen LogP contribution is -2.67. The van der Waals surface area contributed by atoms with E-state index >= 15 is 0 Å². The number of aliphatic hydroxyl groups is 1. The molecule has 1 aromatic rings. The van der Waals surface area contributed by atoms with Gasteiger partial charge in [-0.3, -0.25) is 9.69 Å². The van der Waals surface area contributed by atoms with Gasteiger partial charge in [-0.15, -0.1) is 0 Å². The van der Waals surface area contributed by atoms with Crippen LogP contribution in [0, 0.1) is 5.92 Å². The molecule has 2 aliphatic heterocycles. The van der Waals surface area contributed by atoms with E-state index in [0.29, 0.717) is 36.3 Å². The number of carbonyl (C=O) groups is 1. The standard InChI is InChI=1S/C18H19NO4/c1-19-13-8-3-4-11(22-2)14-12(8)17-7-9(13)15(19)18(17,21)6-5-10(20)16(17)23-14/h3-4,9,13,15-16,21H,5-7H2,1-2H3. The van der Waals surface area contributed by atoms with E-state index in [-0.39, 0.29) is 11.8 Å². The van der Waals surface area contributed by atoms with Crippen LogP contribution in [0.15, 0.2) is 12.1 Å². The van der Waals surface area contributed by atoms with Gasteiger partial charge >= 0.3 is 0 Å². The van der Waals surface area contributed by atoms with Crippen molar-refractivity contribution in [3.8, 4) is 11.5 Å². The van der Waals surface area contributed by atoms with E-state index < -0.39 is 17.1 Å².